The third kappa shape index (κ3) is 8.79. The lowest BCUT2D eigenvalue weighted by molar-refractivity contribution is -0.139. The molecule has 1 heterocycles. The fraction of sp³-hybridized carbons (Fsp3) is 0.200. The Labute approximate surface area is 276 Å². The van der Waals surface area contributed by atoms with E-state index in [1.807, 2.05) is 24.3 Å². The lowest BCUT2D eigenvalue weighted by Crippen LogP contribution is -2.45. The second kappa shape index (κ2) is 15.3. The largest absolute Gasteiger partial charge is 0.487 e. The van der Waals surface area contributed by atoms with Crippen LogP contribution in [0.3, 0.4) is 0 Å². The van der Waals surface area contributed by atoms with E-state index in [1.54, 1.807) is 50.2 Å². The van der Waals surface area contributed by atoms with E-state index in [4.69, 9.17) is 38.0 Å². The number of hydrazone groups is 1. The third-order valence-electron chi connectivity index (χ3n) is 6.08. The van der Waals surface area contributed by atoms with Gasteiger partial charge in [0.2, 0.25) is 0 Å². The average molecular weight is 751 g/mol. The molecule has 0 unspecified atom stereocenters. The molecule has 1 aliphatic rings. The van der Waals surface area contributed by atoms with Gasteiger partial charge in [-0.1, -0.05) is 57.9 Å². The molecule has 43 heavy (non-hydrogen) atoms. The van der Waals surface area contributed by atoms with Crippen LogP contribution in [0.15, 0.2) is 86.0 Å². The maximum absolute atomic E-state index is 12.8. The predicted molar refractivity (Wildman–Crippen MR) is 176 cm³/mol. The summed E-state index contributed by atoms with van der Waals surface area (Å²) in [5.41, 5.74) is 5.54. The minimum Gasteiger partial charge on any atom is -0.487 e. The van der Waals surface area contributed by atoms with Crippen molar-refractivity contribution in [1.29, 1.82) is 0 Å². The van der Waals surface area contributed by atoms with E-state index < -0.39 is 17.9 Å². The normalized spacial score (nSPS) is 14.6. The van der Waals surface area contributed by atoms with Crippen LogP contribution >= 0.6 is 55.7 Å². The molecule has 0 spiro atoms. The van der Waals surface area contributed by atoms with Gasteiger partial charge < -0.3 is 24.8 Å². The van der Waals surface area contributed by atoms with Crippen molar-refractivity contribution in [3.05, 3.63) is 103 Å². The lowest BCUT2D eigenvalue weighted by atomic mass is 9.95. The van der Waals surface area contributed by atoms with Crippen molar-refractivity contribution in [2.75, 3.05) is 13.2 Å². The standard InChI is InChI=1S/C30H27Br2ClN4O5S/c1-3-40-29(39)26-17(2)35-30(43)36-27(26)22-6-4-5-7-24(22)41-16-25(38)37-34-14-19-12-21(33)13-23(32)28(19)42-15-18-8-10-20(31)11-9-18/h4-14,27H,3,15-16H2,1-2H3,(H,37,38)(H2,35,36,43)/t27-/m0/s1. The first-order valence-corrected chi connectivity index (χ1v) is 15.4. The van der Waals surface area contributed by atoms with Gasteiger partial charge in [-0.15, -0.1) is 0 Å². The molecule has 1 aliphatic heterocycles. The summed E-state index contributed by atoms with van der Waals surface area (Å²) in [6, 6.07) is 17.6. The fourth-order valence-electron chi connectivity index (χ4n) is 4.17. The molecule has 224 valence electrons. The number of nitrogens with one attached hydrogen (secondary N) is 3. The number of hydrogen-bond acceptors (Lipinski definition) is 7. The Hall–Kier alpha value is -3.45. The second-order valence-electron chi connectivity index (χ2n) is 9.13. The van der Waals surface area contributed by atoms with Crippen LogP contribution < -0.4 is 25.5 Å². The molecule has 1 atom stereocenters. The highest BCUT2D eigenvalue weighted by atomic mass is 79.9. The first-order chi connectivity index (χ1) is 20.7. The van der Waals surface area contributed by atoms with Crippen LogP contribution in [-0.2, 0) is 20.9 Å². The second-order valence-corrected chi connectivity index (χ2v) is 11.7. The Morgan fingerprint density at radius 2 is 1.86 bits per heavy atom. The average Bonchev–Trinajstić information content (AvgIpc) is 2.96. The molecule has 0 saturated carbocycles. The van der Waals surface area contributed by atoms with Gasteiger partial charge in [0.15, 0.2) is 11.7 Å². The topological polar surface area (TPSA) is 110 Å². The van der Waals surface area contributed by atoms with E-state index in [9.17, 15) is 9.59 Å². The highest BCUT2D eigenvalue weighted by molar-refractivity contribution is 9.10. The van der Waals surface area contributed by atoms with E-state index in [0.717, 1.165) is 10.0 Å². The summed E-state index contributed by atoms with van der Waals surface area (Å²) in [6.07, 6.45) is 1.44. The number of para-hydroxylation sites is 1. The van der Waals surface area contributed by atoms with Crippen LogP contribution in [-0.4, -0.2) is 36.4 Å². The zero-order chi connectivity index (χ0) is 30.9. The van der Waals surface area contributed by atoms with Gasteiger partial charge in [0, 0.05) is 26.3 Å². The molecule has 0 bridgehead atoms. The van der Waals surface area contributed by atoms with Gasteiger partial charge in [-0.3, -0.25) is 4.79 Å². The number of esters is 1. The van der Waals surface area contributed by atoms with Crippen LogP contribution in [0.25, 0.3) is 0 Å². The number of carbonyl (C=O) groups is 2. The van der Waals surface area contributed by atoms with Crippen molar-refractivity contribution < 1.29 is 23.8 Å². The molecule has 0 radical (unpaired) electrons. The molecule has 0 saturated heterocycles. The Kier molecular flexibility index (Phi) is 11.6. The Morgan fingerprint density at radius 1 is 1.12 bits per heavy atom. The smallest absolute Gasteiger partial charge is 0.338 e. The van der Waals surface area contributed by atoms with Gasteiger partial charge in [0.1, 0.15) is 18.1 Å². The molecular formula is C30H27Br2ClN4O5S. The molecule has 1 amide bonds. The van der Waals surface area contributed by atoms with Gasteiger partial charge in [-0.2, -0.15) is 5.10 Å². The number of allylic oxidation sites excluding steroid dienone is 1. The molecular weight excluding hydrogens is 724 g/mol. The van der Waals surface area contributed by atoms with Crippen LogP contribution in [0.5, 0.6) is 11.5 Å². The quantitative estimate of drug-likeness (QED) is 0.0904. The minimum atomic E-state index is -0.637. The summed E-state index contributed by atoms with van der Waals surface area (Å²) < 4.78 is 18.8. The summed E-state index contributed by atoms with van der Waals surface area (Å²) in [5, 5.41) is 11.0. The number of thiocarbonyl (C=S) groups is 1. The molecule has 4 rings (SSSR count). The van der Waals surface area contributed by atoms with Gasteiger partial charge in [-0.25, -0.2) is 10.2 Å². The third-order valence-corrected chi connectivity index (χ3v) is 7.64. The Bertz CT molecular complexity index is 1580. The highest BCUT2D eigenvalue weighted by Crippen LogP contribution is 2.34. The number of hydrogen-bond donors (Lipinski definition) is 3. The molecule has 3 aromatic rings. The molecule has 3 aromatic carbocycles. The van der Waals surface area contributed by atoms with Crippen molar-refractivity contribution in [3.8, 4) is 11.5 Å². The van der Waals surface area contributed by atoms with E-state index in [2.05, 4.69) is 53.0 Å². The first-order valence-electron chi connectivity index (χ1n) is 13.0. The maximum atomic E-state index is 12.8. The van der Waals surface area contributed by atoms with Gasteiger partial charge >= 0.3 is 5.97 Å². The maximum Gasteiger partial charge on any atom is 0.338 e. The monoisotopic (exact) mass is 748 g/mol. The molecule has 9 nitrogen and oxygen atoms in total. The van der Waals surface area contributed by atoms with Crippen molar-refractivity contribution >= 4 is 78.9 Å². The number of amides is 1. The number of nitrogens with zero attached hydrogens (tertiary/aromatic N) is 1. The minimum absolute atomic E-state index is 0.219. The summed E-state index contributed by atoms with van der Waals surface area (Å²) in [4.78, 5) is 25.4. The van der Waals surface area contributed by atoms with Gasteiger partial charge in [-0.05, 0) is 77.9 Å². The molecule has 13 heteroatoms. The van der Waals surface area contributed by atoms with Crippen LogP contribution in [0, 0.1) is 0 Å². The number of carbonyl (C=O) groups excluding carboxylic acids is 2. The van der Waals surface area contributed by atoms with Crippen molar-refractivity contribution in [3.63, 3.8) is 0 Å². The van der Waals surface area contributed by atoms with E-state index in [0.29, 0.717) is 55.1 Å². The van der Waals surface area contributed by atoms with Crippen molar-refractivity contribution in [2.45, 2.75) is 26.5 Å². The Balaban J connectivity index is 1.43. The van der Waals surface area contributed by atoms with Crippen LogP contribution in [0.1, 0.15) is 36.6 Å². The molecule has 3 N–H and O–H groups in total. The number of halogens is 3. The zero-order valence-corrected chi connectivity index (χ0v) is 27.8. The van der Waals surface area contributed by atoms with Crippen LogP contribution in [0.4, 0.5) is 0 Å². The molecule has 0 aromatic heterocycles. The summed E-state index contributed by atoms with van der Waals surface area (Å²) in [5.74, 6) is -0.0812. The van der Waals surface area contributed by atoms with E-state index in [-0.39, 0.29) is 13.2 Å². The SMILES string of the molecule is CCOC(=O)C1=C(C)NC(=S)N[C@H]1c1ccccc1OCC(=O)NN=Cc1cc(Cl)cc(Br)c1OCc1ccc(Br)cc1. The number of benzene rings is 3. The van der Waals surface area contributed by atoms with Crippen molar-refractivity contribution in [2.24, 2.45) is 5.10 Å². The number of ether oxygens (including phenoxy) is 3. The molecule has 0 fully saturated rings. The Morgan fingerprint density at radius 3 is 2.60 bits per heavy atom. The lowest BCUT2D eigenvalue weighted by Gasteiger charge is -2.30. The predicted octanol–water partition coefficient (Wildman–Crippen LogP) is 6.33. The van der Waals surface area contributed by atoms with Gasteiger partial charge in [0.05, 0.1) is 28.9 Å². The van der Waals surface area contributed by atoms with E-state index >= 15 is 0 Å². The summed E-state index contributed by atoms with van der Waals surface area (Å²) >= 11 is 18.5. The molecule has 0 aliphatic carbocycles. The highest BCUT2D eigenvalue weighted by Gasteiger charge is 2.32. The summed E-state index contributed by atoms with van der Waals surface area (Å²) in [6.45, 7) is 3.68. The summed E-state index contributed by atoms with van der Waals surface area (Å²) in [7, 11) is 0. The fourth-order valence-corrected chi connectivity index (χ4v) is 5.65. The van der Waals surface area contributed by atoms with E-state index in [1.165, 1.54) is 6.21 Å². The van der Waals surface area contributed by atoms with Crippen LogP contribution in [0.2, 0.25) is 5.02 Å². The van der Waals surface area contributed by atoms with Gasteiger partial charge in [0.25, 0.3) is 5.91 Å². The van der Waals surface area contributed by atoms with Crippen molar-refractivity contribution in [1.82, 2.24) is 16.1 Å². The number of rotatable bonds is 11. The first kappa shape index (κ1) is 32.5. The zero-order valence-electron chi connectivity index (χ0n) is 23.1.